The molecule has 0 spiro atoms. The molecule has 3 heterocycles. The van der Waals surface area contributed by atoms with E-state index >= 15 is 0 Å². The molecule has 1 atom stereocenters. The number of rotatable bonds is 12. The van der Waals surface area contributed by atoms with Crippen LogP contribution in [0.1, 0.15) is 35.8 Å². The highest BCUT2D eigenvalue weighted by Crippen LogP contribution is 2.33. The number of nitrogens with one attached hydrogen (secondary N) is 3. The first-order valence-electron chi connectivity index (χ1n) is 12.3. The van der Waals surface area contributed by atoms with Crippen LogP contribution < -0.4 is 10.6 Å². The first-order valence-corrected chi connectivity index (χ1v) is 12.3. The van der Waals surface area contributed by atoms with Gasteiger partial charge < -0.3 is 34.8 Å². The summed E-state index contributed by atoms with van der Waals surface area (Å²) < 4.78 is 12.0. The zero-order chi connectivity index (χ0) is 26.4. The number of aliphatic hydroxyl groups excluding tert-OH is 1. The minimum Gasteiger partial charge on any atom is -0.464 e. The lowest BCUT2D eigenvalue weighted by molar-refractivity contribution is -0.117. The number of esters is 1. The average molecular weight is 508 g/mol. The topological polar surface area (TPSA) is 130 Å². The maximum absolute atomic E-state index is 13.0. The van der Waals surface area contributed by atoms with Crippen LogP contribution in [0.3, 0.4) is 0 Å². The quantitative estimate of drug-likeness (QED) is 0.215. The van der Waals surface area contributed by atoms with E-state index in [2.05, 4.69) is 26.7 Å². The Bertz CT molecular complexity index is 1390. The summed E-state index contributed by atoms with van der Waals surface area (Å²) in [5.41, 5.74) is 4.01. The summed E-state index contributed by atoms with van der Waals surface area (Å²) in [6, 6.07) is 9.90. The third-order valence-corrected chi connectivity index (χ3v) is 6.25. The highest BCUT2D eigenvalue weighted by molar-refractivity contribution is 6.11. The molecule has 0 fully saturated rings. The van der Waals surface area contributed by atoms with Gasteiger partial charge in [0.2, 0.25) is 5.91 Å². The number of benzene rings is 1. The van der Waals surface area contributed by atoms with E-state index in [4.69, 9.17) is 9.47 Å². The fourth-order valence-electron chi connectivity index (χ4n) is 4.37. The molecule has 0 aliphatic heterocycles. The predicted molar refractivity (Wildman–Crippen MR) is 143 cm³/mol. The second kappa shape index (κ2) is 11.9. The summed E-state index contributed by atoms with van der Waals surface area (Å²) in [7, 11) is 2.84. The van der Waals surface area contributed by atoms with Gasteiger partial charge in [-0.15, -0.1) is 0 Å². The third-order valence-electron chi connectivity index (χ3n) is 6.25. The van der Waals surface area contributed by atoms with Crippen LogP contribution >= 0.6 is 0 Å². The molecule has 4 rings (SSSR count). The molecule has 0 aliphatic rings. The molecule has 196 valence electrons. The van der Waals surface area contributed by atoms with Crippen LogP contribution in [0.4, 0.5) is 11.4 Å². The van der Waals surface area contributed by atoms with E-state index in [9.17, 15) is 14.7 Å². The number of aromatic nitrogens is 3. The van der Waals surface area contributed by atoms with Gasteiger partial charge in [-0.3, -0.25) is 4.79 Å². The van der Waals surface area contributed by atoms with Crippen molar-refractivity contribution in [2.45, 2.75) is 38.8 Å². The van der Waals surface area contributed by atoms with Gasteiger partial charge in [0.05, 0.1) is 43.8 Å². The summed E-state index contributed by atoms with van der Waals surface area (Å²) in [4.78, 5) is 33.7. The summed E-state index contributed by atoms with van der Waals surface area (Å²) in [5, 5.41) is 17.4. The number of aromatic amines is 1. The van der Waals surface area contributed by atoms with Crippen LogP contribution in [-0.2, 0) is 27.2 Å². The average Bonchev–Trinajstić information content (AvgIpc) is 3.44. The van der Waals surface area contributed by atoms with Gasteiger partial charge in [-0.2, -0.15) is 0 Å². The van der Waals surface area contributed by atoms with Crippen molar-refractivity contribution in [2.75, 3.05) is 38.0 Å². The van der Waals surface area contributed by atoms with E-state index in [1.165, 1.54) is 14.2 Å². The van der Waals surface area contributed by atoms with Crippen molar-refractivity contribution >= 4 is 45.2 Å². The van der Waals surface area contributed by atoms with Crippen molar-refractivity contribution in [1.29, 1.82) is 0 Å². The largest absolute Gasteiger partial charge is 0.464 e. The molecular weight excluding hydrogens is 474 g/mol. The standard InChI is InChI=1S/C27H33N5O5/c1-17(33)8-11-28-19-14-21-24(31-23(34)10-13-36-2)25(27(35)37-3)32(26(21)30-16-19)12-9-18-15-29-22-7-5-4-6-20(18)22/h4-7,14-17,28-29,33H,8-13H2,1-3H3,(H,31,34)/t17-/m0/s1. The summed E-state index contributed by atoms with van der Waals surface area (Å²) in [6.07, 6.45) is 4.56. The van der Waals surface area contributed by atoms with Gasteiger partial charge in [-0.05, 0) is 37.5 Å². The maximum Gasteiger partial charge on any atom is 0.356 e. The fourth-order valence-corrected chi connectivity index (χ4v) is 4.37. The number of aryl methyl sites for hydroxylation is 2. The third kappa shape index (κ3) is 5.92. The van der Waals surface area contributed by atoms with Gasteiger partial charge in [-0.1, -0.05) is 18.2 Å². The lowest BCUT2D eigenvalue weighted by atomic mass is 10.1. The molecule has 4 N–H and O–H groups in total. The van der Waals surface area contributed by atoms with Gasteiger partial charge in [0.1, 0.15) is 5.65 Å². The van der Waals surface area contributed by atoms with Gasteiger partial charge >= 0.3 is 5.97 Å². The number of carbonyl (C=O) groups excluding carboxylic acids is 2. The van der Waals surface area contributed by atoms with Gasteiger partial charge in [-0.25, -0.2) is 9.78 Å². The number of aliphatic hydroxyl groups is 1. The van der Waals surface area contributed by atoms with E-state index in [-0.39, 0.29) is 24.6 Å². The molecule has 0 unspecified atom stereocenters. The zero-order valence-corrected chi connectivity index (χ0v) is 21.3. The van der Waals surface area contributed by atoms with Crippen LogP contribution in [-0.4, -0.2) is 65.0 Å². The number of para-hydroxylation sites is 1. The van der Waals surface area contributed by atoms with Crippen molar-refractivity contribution in [3.05, 3.63) is 54.0 Å². The molecule has 10 heteroatoms. The summed E-state index contributed by atoms with van der Waals surface area (Å²) >= 11 is 0. The second-order valence-corrected chi connectivity index (χ2v) is 8.93. The number of anilines is 2. The van der Waals surface area contributed by atoms with Crippen LogP contribution in [0.5, 0.6) is 0 Å². The monoisotopic (exact) mass is 507 g/mol. The number of methoxy groups -OCH3 is 2. The Hall–Kier alpha value is -3.89. The Morgan fingerprint density at radius 2 is 2.03 bits per heavy atom. The van der Waals surface area contributed by atoms with Crippen LogP contribution in [0.25, 0.3) is 21.9 Å². The maximum atomic E-state index is 13.0. The molecule has 0 saturated heterocycles. The number of hydrogen-bond acceptors (Lipinski definition) is 7. The van der Waals surface area contributed by atoms with Crippen molar-refractivity contribution in [3.8, 4) is 0 Å². The summed E-state index contributed by atoms with van der Waals surface area (Å²) in [5.74, 6) is -0.849. The molecule has 10 nitrogen and oxygen atoms in total. The molecule has 0 saturated carbocycles. The van der Waals surface area contributed by atoms with Gasteiger partial charge in [0.15, 0.2) is 5.69 Å². The number of hydrogen-bond donors (Lipinski definition) is 4. The van der Waals surface area contributed by atoms with E-state index in [0.717, 1.165) is 16.5 Å². The Kier molecular flexibility index (Phi) is 8.42. The number of pyridine rings is 1. The molecule has 37 heavy (non-hydrogen) atoms. The Balaban J connectivity index is 1.75. The first-order chi connectivity index (χ1) is 17.9. The number of ether oxygens (including phenoxy) is 2. The van der Waals surface area contributed by atoms with Crippen molar-refractivity contribution < 1.29 is 24.2 Å². The minimum atomic E-state index is -0.567. The number of amides is 1. The van der Waals surface area contributed by atoms with E-state index in [0.29, 0.717) is 48.3 Å². The van der Waals surface area contributed by atoms with E-state index < -0.39 is 12.1 Å². The highest BCUT2D eigenvalue weighted by atomic mass is 16.5. The van der Waals surface area contributed by atoms with E-state index in [1.54, 1.807) is 17.7 Å². The fraction of sp³-hybridized carbons (Fsp3) is 0.370. The molecule has 1 amide bonds. The molecule has 0 aliphatic carbocycles. The Morgan fingerprint density at radius 1 is 1.22 bits per heavy atom. The molecule has 0 bridgehead atoms. The first kappa shape index (κ1) is 26.2. The van der Waals surface area contributed by atoms with Crippen LogP contribution in [0.2, 0.25) is 0 Å². The van der Waals surface area contributed by atoms with Crippen molar-refractivity contribution in [2.24, 2.45) is 0 Å². The molecular formula is C27H33N5O5. The van der Waals surface area contributed by atoms with Crippen molar-refractivity contribution in [1.82, 2.24) is 14.5 Å². The van der Waals surface area contributed by atoms with Crippen LogP contribution in [0, 0.1) is 0 Å². The Labute approximate surface area is 215 Å². The summed E-state index contributed by atoms with van der Waals surface area (Å²) in [6.45, 7) is 2.97. The SMILES string of the molecule is COCCC(=O)Nc1c(C(=O)OC)n(CCc2c[nH]c3ccccc23)c2ncc(NCC[C@H](C)O)cc12. The normalized spacial score (nSPS) is 12.1. The number of carbonyl (C=O) groups is 2. The van der Waals surface area contributed by atoms with Crippen molar-refractivity contribution in [3.63, 3.8) is 0 Å². The number of H-pyrrole nitrogens is 1. The smallest absolute Gasteiger partial charge is 0.356 e. The van der Waals surface area contributed by atoms with Gasteiger partial charge in [0, 0.05) is 42.7 Å². The lowest BCUT2D eigenvalue weighted by Crippen LogP contribution is -2.18. The lowest BCUT2D eigenvalue weighted by Gasteiger charge is -2.11. The molecule has 0 radical (unpaired) electrons. The number of fused-ring (bicyclic) bond motifs is 2. The predicted octanol–water partition coefficient (Wildman–Crippen LogP) is 3.70. The molecule has 3 aromatic heterocycles. The van der Waals surface area contributed by atoms with E-state index in [1.807, 2.05) is 30.5 Å². The Morgan fingerprint density at radius 3 is 2.78 bits per heavy atom. The molecule has 4 aromatic rings. The van der Waals surface area contributed by atoms with Gasteiger partial charge in [0.25, 0.3) is 0 Å². The minimum absolute atomic E-state index is 0.138. The molecule has 1 aromatic carbocycles. The number of nitrogens with zero attached hydrogens (tertiary/aromatic N) is 2. The second-order valence-electron chi connectivity index (χ2n) is 8.93. The zero-order valence-electron chi connectivity index (χ0n) is 21.3. The highest BCUT2D eigenvalue weighted by Gasteiger charge is 2.26. The van der Waals surface area contributed by atoms with Crippen LogP contribution in [0.15, 0.2) is 42.7 Å².